The predicted octanol–water partition coefficient (Wildman–Crippen LogP) is 3.62. The Balaban J connectivity index is 0.000000218. The van der Waals surface area contributed by atoms with Gasteiger partial charge in [-0.3, -0.25) is 39.8 Å². The molecule has 0 aliphatic carbocycles. The highest BCUT2D eigenvalue weighted by Crippen LogP contribution is 2.26. The Labute approximate surface area is 236 Å². The average molecular weight is 581 g/mol. The zero-order valence-corrected chi connectivity index (χ0v) is 23.5. The van der Waals surface area contributed by atoms with Gasteiger partial charge in [-0.1, -0.05) is 0 Å². The fraction of sp³-hybridized carbons (Fsp3) is 0.269. The van der Waals surface area contributed by atoms with E-state index in [-0.39, 0.29) is 28.1 Å². The van der Waals surface area contributed by atoms with Crippen molar-refractivity contribution < 1.29 is 9.66 Å². The predicted molar refractivity (Wildman–Crippen MR) is 159 cm³/mol. The lowest BCUT2D eigenvalue weighted by Gasteiger charge is -2.14. The van der Waals surface area contributed by atoms with Crippen molar-refractivity contribution in [1.29, 1.82) is 0 Å². The molecule has 3 heterocycles. The number of ether oxygens (including phenoxy) is 1. The van der Waals surface area contributed by atoms with E-state index in [1.54, 1.807) is 17.8 Å². The summed E-state index contributed by atoms with van der Waals surface area (Å²) in [4.78, 5) is 45.1. The molecule has 0 radical (unpaired) electrons. The number of nitrogens with one attached hydrogen (secondary N) is 4. The van der Waals surface area contributed by atoms with Crippen LogP contribution in [0.15, 0.2) is 56.8 Å². The third-order valence-electron chi connectivity index (χ3n) is 5.88. The number of anilines is 2. The van der Waals surface area contributed by atoms with Crippen molar-refractivity contribution in [2.24, 2.45) is 0 Å². The largest absolute Gasteiger partial charge is 0.493 e. The molecular formula is C26H28N8O6S. The Bertz CT molecular complexity index is 1890. The molecule has 5 aromatic rings. The highest BCUT2D eigenvalue weighted by atomic mass is 32.2. The molecule has 0 bridgehead atoms. The van der Waals surface area contributed by atoms with E-state index in [4.69, 9.17) is 4.74 Å². The highest BCUT2D eigenvalue weighted by molar-refractivity contribution is 7.98. The molecule has 15 heteroatoms. The van der Waals surface area contributed by atoms with Gasteiger partial charge in [0.2, 0.25) is 0 Å². The number of aromatic amines is 3. The van der Waals surface area contributed by atoms with E-state index in [1.807, 2.05) is 45.2 Å². The lowest BCUT2D eigenvalue weighted by atomic mass is 10.1. The van der Waals surface area contributed by atoms with Crippen LogP contribution in [0.3, 0.4) is 0 Å². The third-order valence-corrected chi connectivity index (χ3v) is 6.46. The summed E-state index contributed by atoms with van der Waals surface area (Å²) in [6.07, 6.45) is 2.03. The van der Waals surface area contributed by atoms with Crippen LogP contribution >= 0.6 is 11.8 Å². The molecule has 3 aromatic heterocycles. The molecule has 0 aliphatic heterocycles. The van der Waals surface area contributed by atoms with Crippen molar-refractivity contribution in [3.8, 4) is 5.75 Å². The number of nitrogens with zero attached hydrogens (tertiary/aromatic N) is 4. The van der Waals surface area contributed by atoms with Crippen LogP contribution < -0.4 is 26.7 Å². The summed E-state index contributed by atoms with van der Waals surface area (Å²) in [5, 5.41) is 30.9. The van der Waals surface area contributed by atoms with E-state index >= 15 is 0 Å². The monoisotopic (exact) mass is 580 g/mol. The number of hydrogen-bond acceptors (Lipinski definition) is 10. The van der Waals surface area contributed by atoms with Gasteiger partial charge in [-0.2, -0.15) is 22.0 Å². The molecule has 0 saturated carbocycles. The lowest BCUT2D eigenvalue weighted by Crippen LogP contribution is -2.25. The zero-order chi connectivity index (χ0) is 29.7. The number of thioether (sulfide) groups is 1. The van der Waals surface area contributed by atoms with Crippen molar-refractivity contribution >= 4 is 50.6 Å². The average Bonchev–Trinajstić information content (AvgIpc) is 3.36. The SMILES string of the molecule is CSCCOc1ccc2c(Nc3cc(C)[nH]n3)nn(C(C)C)c(=O)c2c1.O=c1[nH][nH]c(=O)c2cc([N+](=O)[O-])ccc12. The number of nitro groups is 1. The molecular weight excluding hydrogens is 552 g/mol. The van der Waals surface area contributed by atoms with Crippen LogP contribution in [0.5, 0.6) is 5.75 Å². The highest BCUT2D eigenvalue weighted by Gasteiger charge is 2.15. The zero-order valence-electron chi connectivity index (χ0n) is 22.7. The first kappa shape index (κ1) is 29.1. The second-order valence-corrected chi connectivity index (χ2v) is 10.2. The van der Waals surface area contributed by atoms with Gasteiger partial charge in [-0.05, 0) is 51.3 Å². The van der Waals surface area contributed by atoms with E-state index in [2.05, 4.69) is 30.8 Å². The number of rotatable bonds is 8. The van der Waals surface area contributed by atoms with Gasteiger partial charge >= 0.3 is 0 Å². The molecule has 0 atom stereocenters. The summed E-state index contributed by atoms with van der Waals surface area (Å²) in [7, 11) is 0. The molecule has 0 amide bonds. The van der Waals surface area contributed by atoms with Gasteiger partial charge in [0.15, 0.2) is 11.6 Å². The number of benzene rings is 2. The molecule has 41 heavy (non-hydrogen) atoms. The minimum Gasteiger partial charge on any atom is -0.493 e. The molecule has 2 aromatic carbocycles. The fourth-order valence-corrected chi connectivity index (χ4v) is 4.15. The molecule has 0 unspecified atom stereocenters. The second-order valence-electron chi connectivity index (χ2n) is 9.20. The number of nitro benzene ring substituents is 1. The number of aromatic nitrogens is 6. The van der Waals surface area contributed by atoms with E-state index < -0.39 is 16.0 Å². The van der Waals surface area contributed by atoms with Crippen LogP contribution in [-0.4, -0.2) is 53.7 Å². The molecule has 0 spiro atoms. The molecule has 0 fully saturated rings. The summed E-state index contributed by atoms with van der Waals surface area (Å²) < 4.78 is 7.23. The van der Waals surface area contributed by atoms with Crippen LogP contribution in [0.2, 0.25) is 0 Å². The minimum atomic E-state index is -0.625. The minimum absolute atomic E-state index is 0.00736. The topological polar surface area (TPSA) is 194 Å². The Morgan fingerprint density at radius 1 is 1.02 bits per heavy atom. The van der Waals surface area contributed by atoms with Gasteiger partial charge < -0.3 is 10.1 Å². The standard InChI is InChI=1S/C18H23N5O2S.C8H5N3O4/c1-11(2)23-18(24)15-10-13(25-7-8-26-4)5-6-14(15)17(22-23)19-16-9-12(3)20-21-16;12-7-5-2-1-4(11(14)15)3-6(5)8(13)10-9-7/h5-6,9-11H,7-8H2,1-4H3,(H2,19,20,21,22);1-3H,(H,9,12)(H,10,13). The van der Waals surface area contributed by atoms with Crippen LogP contribution in [0.4, 0.5) is 17.3 Å². The van der Waals surface area contributed by atoms with Crippen LogP contribution in [0.1, 0.15) is 25.6 Å². The molecule has 5 rings (SSSR count). The number of H-pyrrole nitrogens is 3. The second kappa shape index (κ2) is 12.5. The van der Waals surface area contributed by atoms with E-state index in [0.29, 0.717) is 29.4 Å². The first-order valence-corrected chi connectivity index (χ1v) is 13.8. The maximum atomic E-state index is 12.9. The van der Waals surface area contributed by atoms with Crippen LogP contribution in [-0.2, 0) is 0 Å². The van der Waals surface area contributed by atoms with Crippen molar-refractivity contribution in [2.45, 2.75) is 26.8 Å². The number of fused-ring (bicyclic) bond motifs is 2. The van der Waals surface area contributed by atoms with Gasteiger partial charge in [0.1, 0.15) is 5.75 Å². The summed E-state index contributed by atoms with van der Waals surface area (Å²) in [5.41, 5.74) is -0.459. The Morgan fingerprint density at radius 2 is 1.73 bits per heavy atom. The van der Waals surface area contributed by atoms with E-state index in [0.717, 1.165) is 22.9 Å². The fourth-order valence-electron chi connectivity index (χ4n) is 3.90. The Morgan fingerprint density at radius 3 is 2.37 bits per heavy atom. The van der Waals surface area contributed by atoms with Crippen molar-refractivity contribution in [3.63, 3.8) is 0 Å². The van der Waals surface area contributed by atoms with E-state index in [9.17, 15) is 24.5 Å². The number of aryl methyl sites for hydroxylation is 1. The molecule has 14 nitrogen and oxygen atoms in total. The van der Waals surface area contributed by atoms with E-state index in [1.165, 1.54) is 16.8 Å². The van der Waals surface area contributed by atoms with Gasteiger partial charge in [-0.25, -0.2) is 4.68 Å². The summed E-state index contributed by atoms with van der Waals surface area (Å²) >= 11 is 1.72. The maximum absolute atomic E-state index is 12.9. The molecule has 0 saturated heterocycles. The van der Waals surface area contributed by atoms with Crippen molar-refractivity contribution in [2.75, 3.05) is 23.9 Å². The third kappa shape index (κ3) is 6.63. The summed E-state index contributed by atoms with van der Waals surface area (Å²) in [6.45, 7) is 6.40. The van der Waals surface area contributed by atoms with Crippen molar-refractivity contribution in [3.05, 3.63) is 89.3 Å². The first-order valence-electron chi connectivity index (χ1n) is 12.5. The maximum Gasteiger partial charge on any atom is 0.275 e. The van der Waals surface area contributed by atoms with Gasteiger partial charge in [0, 0.05) is 35.0 Å². The molecule has 0 aliphatic rings. The lowest BCUT2D eigenvalue weighted by molar-refractivity contribution is -0.384. The molecule has 214 valence electrons. The summed E-state index contributed by atoms with van der Waals surface area (Å²) in [6, 6.07) is 10.9. The van der Waals surface area contributed by atoms with Crippen molar-refractivity contribution in [1.82, 2.24) is 30.2 Å². The Kier molecular flexibility index (Phi) is 8.87. The molecule has 4 N–H and O–H groups in total. The first-order chi connectivity index (χ1) is 19.6. The summed E-state index contributed by atoms with van der Waals surface area (Å²) in [5.74, 6) is 2.84. The normalized spacial score (nSPS) is 11.0. The van der Waals surface area contributed by atoms with Crippen LogP contribution in [0, 0.1) is 17.0 Å². The van der Waals surface area contributed by atoms with Gasteiger partial charge in [0.05, 0.1) is 33.7 Å². The van der Waals surface area contributed by atoms with Gasteiger partial charge in [0.25, 0.3) is 22.4 Å². The van der Waals surface area contributed by atoms with Crippen LogP contribution in [0.25, 0.3) is 21.5 Å². The smallest absolute Gasteiger partial charge is 0.275 e. The quantitative estimate of drug-likeness (QED) is 0.120. The number of non-ortho nitro benzene ring substituents is 1. The van der Waals surface area contributed by atoms with Gasteiger partial charge in [-0.15, -0.1) is 0 Å². The number of hydrogen-bond donors (Lipinski definition) is 4. The Hall–Kier alpha value is -4.92.